The monoisotopic (exact) mass is 360 g/mol. The number of nitrogens with zero attached hydrogens (tertiary/aromatic N) is 2. The summed E-state index contributed by atoms with van der Waals surface area (Å²) in [5.74, 6) is -0.119. The number of hydrogen-bond acceptors (Lipinski definition) is 4. The molecule has 1 atom stereocenters. The standard InChI is InChI=1S/C21H32N2O3/c1-22(15-16-24)19-11-13-23(14-12-19)20(25)21(26,18-9-5-6-10-18)17-7-3-2-4-8-17/h2-4,7-8,18-19,24,26H,5-6,9-16H2,1H3/t21-/m0/s1. The van der Waals surface area contributed by atoms with Crippen molar-refractivity contribution in [2.75, 3.05) is 33.3 Å². The zero-order valence-corrected chi connectivity index (χ0v) is 15.8. The van der Waals surface area contributed by atoms with Crippen molar-refractivity contribution >= 4 is 5.91 Å². The molecule has 1 amide bonds. The Hall–Kier alpha value is -1.43. The van der Waals surface area contributed by atoms with Gasteiger partial charge in [0.1, 0.15) is 0 Å². The van der Waals surface area contributed by atoms with Crippen LogP contribution in [0.2, 0.25) is 0 Å². The van der Waals surface area contributed by atoms with Gasteiger partial charge in [-0.1, -0.05) is 43.2 Å². The molecule has 0 unspecified atom stereocenters. The highest BCUT2D eigenvalue weighted by Gasteiger charge is 2.48. The van der Waals surface area contributed by atoms with E-state index in [1.807, 2.05) is 42.3 Å². The van der Waals surface area contributed by atoms with Crippen molar-refractivity contribution in [3.63, 3.8) is 0 Å². The van der Waals surface area contributed by atoms with Gasteiger partial charge in [0.15, 0.2) is 5.60 Å². The highest BCUT2D eigenvalue weighted by Crippen LogP contribution is 2.42. The summed E-state index contributed by atoms with van der Waals surface area (Å²) in [6.07, 6.45) is 5.76. The molecule has 1 saturated heterocycles. The molecule has 5 nitrogen and oxygen atoms in total. The van der Waals surface area contributed by atoms with E-state index in [-0.39, 0.29) is 18.4 Å². The molecule has 1 aromatic carbocycles. The molecule has 144 valence electrons. The Morgan fingerprint density at radius 2 is 1.77 bits per heavy atom. The van der Waals surface area contributed by atoms with Gasteiger partial charge in [-0.05, 0) is 38.3 Å². The predicted octanol–water partition coefficient (Wildman–Crippen LogP) is 1.98. The Bertz CT molecular complexity index is 580. The Labute approximate surface area is 156 Å². The van der Waals surface area contributed by atoms with Crippen LogP contribution in [0.25, 0.3) is 0 Å². The Morgan fingerprint density at radius 3 is 2.35 bits per heavy atom. The zero-order valence-electron chi connectivity index (χ0n) is 15.8. The van der Waals surface area contributed by atoms with Crippen molar-refractivity contribution < 1.29 is 15.0 Å². The van der Waals surface area contributed by atoms with Crippen LogP contribution >= 0.6 is 0 Å². The third-order valence-corrected chi connectivity index (χ3v) is 6.31. The second-order valence-corrected chi connectivity index (χ2v) is 7.84. The largest absolute Gasteiger partial charge is 0.395 e. The van der Waals surface area contributed by atoms with E-state index in [2.05, 4.69) is 4.90 Å². The summed E-state index contributed by atoms with van der Waals surface area (Å²) < 4.78 is 0. The van der Waals surface area contributed by atoms with Crippen LogP contribution in [-0.4, -0.2) is 65.3 Å². The number of rotatable bonds is 6. The van der Waals surface area contributed by atoms with E-state index in [1.165, 1.54) is 0 Å². The summed E-state index contributed by atoms with van der Waals surface area (Å²) in [6, 6.07) is 9.89. The summed E-state index contributed by atoms with van der Waals surface area (Å²) in [6.45, 7) is 2.15. The number of carbonyl (C=O) groups excluding carboxylic acids is 1. The van der Waals surface area contributed by atoms with Gasteiger partial charge in [-0.3, -0.25) is 4.79 Å². The maximum absolute atomic E-state index is 13.4. The molecular weight excluding hydrogens is 328 g/mol. The van der Waals surface area contributed by atoms with E-state index >= 15 is 0 Å². The quantitative estimate of drug-likeness (QED) is 0.814. The molecule has 1 aliphatic carbocycles. The van der Waals surface area contributed by atoms with Gasteiger partial charge in [0.05, 0.1) is 6.61 Å². The van der Waals surface area contributed by atoms with Gasteiger partial charge in [-0.15, -0.1) is 0 Å². The maximum Gasteiger partial charge on any atom is 0.259 e. The summed E-state index contributed by atoms with van der Waals surface area (Å²) in [5.41, 5.74) is -0.668. The van der Waals surface area contributed by atoms with E-state index in [9.17, 15) is 9.90 Å². The molecule has 3 rings (SSSR count). The van der Waals surface area contributed by atoms with Crippen LogP contribution < -0.4 is 0 Å². The molecule has 2 N–H and O–H groups in total. The SMILES string of the molecule is CN(CCO)C1CCN(C(=O)[C@](O)(c2ccccc2)C2CCCC2)CC1. The molecule has 5 heteroatoms. The molecule has 26 heavy (non-hydrogen) atoms. The van der Waals surface area contributed by atoms with Crippen LogP contribution in [0.4, 0.5) is 0 Å². The minimum absolute atomic E-state index is 0.00665. The van der Waals surface area contributed by atoms with Crippen molar-refractivity contribution in [2.45, 2.75) is 50.2 Å². The third-order valence-electron chi connectivity index (χ3n) is 6.31. The summed E-state index contributed by atoms with van der Waals surface area (Å²) >= 11 is 0. The summed E-state index contributed by atoms with van der Waals surface area (Å²) in [4.78, 5) is 17.5. The molecule has 0 spiro atoms. The highest BCUT2D eigenvalue weighted by molar-refractivity contribution is 5.87. The first-order chi connectivity index (χ1) is 12.6. The predicted molar refractivity (Wildman–Crippen MR) is 102 cm³/mol. The van der Waals surface area contributed by atoms with Crippen molar-refractivity contribution in [1.29, 1.82) is 0 Å². The van der Waals surface area contributed by atoms with E-state index in [1.54, 1.807) is 0 Å². The van der Waals surface area contributed by atoms with Gasteiger partial charge in [0.25, 0.3) is 5.91 Å². The van der Waals surface area contributed by atoms with E-state index in [0.29, 0.717) is 25.7 Å². The minimum atomic E-state index is -1.40. The number of amides is 1. The molecule has 2 fully saturated rings. The summed E-state index contributed by atoms with van der Waals surface area (Å²) in [7, 11) is 2.03. The Kier molecular flexibility index (Phi) is 6.33. The van der Waals surface area contributed by atoms with Crippen LogP contribution in [0.3, 0.4) is 0 Å². The first-order valence-corrected chi connectivity index (χ1v) is 9.95. The number of piperidine rings is 1. The number of hydrogen-bond donors (Lipinski definition) is 2. The van der Waals surface area contributed by atoms with E-state index in [4.69, 9.17) is 5.11 Å². The normalized spacial score (nSPS) is 21.9. The van der Waals surface area contributed by atoms with Crippen LogP contribution in [0.1, 0.15) is 44.1 Å². The lowest BCUT2D eigenvalue weighted by molar-refractivity contribution is -0.161. The van der Waals surface area contributed by atoms with Crippen molar-refractivity contribution in [2.24, 2.45) is 5.92 Å². The summed E-state index contributed by atoms with van der Waals surface area (Å²) in [5, 5.41) is 20.8. The van der Waals surface area contributed by atoms with Crippen LogP contribution in [0, 0.1) is 5.92 Å². The van der Waals surface area contributed by atoms with Crippen LogP contribution in [0.15, 0.2) is 30.3 Å². The average Bonchev–Trinajstić information content (AvgIpc) is 3.23. The van der Waals surface area contributed by atoms with Crippen LogP contribution in [-0.2, 0) is 10.4 Å². The highest BCUT2D eigenvalue weighted by atomic mass is 16.3. The molecule has 2 aliphatic rings. The first-order valence-electron chi connectivity index (χ1n) is 9.95. The van der Waals surface area contributed by atoms with Gasteiger partial charge in [0, 0.05) is 31.6 Å². The number of carbonyl (C=O) groups is 1. The van der Waals surface area contributed by atoms with Crippen LogP contribution in [0.5, 0.6) is 0 Å². The molecule has 1 heterocycles. The first kappa shape index (κ1) is 19.3. The smallest absolute Gasteiger partial charge is 0.259 e. The molecule has 0 aromatic heterocycles. The number of likely N-dealkylation sites (tertiary alicyclic amines) is 1. The lowest BCUT2D eigenvalue weighted by atomic mass is 9.78. The fourth-order valence-electron chi connectivity index (χ4n) is 4.66. The lowest BCUT2D eigenvalue weighted by Gasteiger charge is -2.42. The van der Waals surface area contributed by atoms with E-state index in [0.717, 1.165) is 44.1 Å². The average molecular weight is 360 g/mol. The number of likely N-dealkylation sites (N-methyl/N-ethyl adjacent to an activating group) is 1. The number of aliphatic hydroxyl groups excluding tert-OH is 1. The topological polar surface area (TPSA) is 64.0 Å². The maximum atomic E-state index is 13.4. The number of benzene rings is 1. The second-order valence-electron chi connectivity index (χ2n) is 7.84. The molecule has 0 bridgehead atoms. The van der Waals surface area contributed by atoms with Gasteiger partial charge in [-0.25, -0.2) is 0 Å². The van der Waals surface area contributed by atoms with Gasteiger partial charge >= 0.3 is 0 Å². The second kappa shape index (κ2) is 8.51. The molecule has 1 aliphatic heterocycles. The van der Waals surface area contributed by atoms with Crippen molar-refractivity contribution in [3.8, 4) is 0 Å². The lowest BCUT2D eigenvalue weighted by Crippen LogP contribution is -2.54. The molecule has 1 saturated carbocycles. The fraction of sp³-hybridized carbons (Fsp3) is 0.667. The Morgan fingerprint density at radius 1 is 1.15 bits per heavy atom. The Balaban J connectivity index is 1.75. The van der Waals surface area contributed by atoms with Gasteiger partial charge in [0.2, 0.25) is 0 Å². The number of aliphatic hydroxyl groups is 2. The van der Waals surface area contributed by atoms with Crippen molar-refractivity contribution in [1.82, 2.24) is 9.80 Å². The molecule has 1 aromatic rings. The minimum Gasteiger partial charge on any atom is -0.395 e. The van der Waals surface area contributed by atoms with E-state index < -0.39 is 5.60 Å². The van der Waals surface area contributed by atoms with Gasteiger partial charge < -0.3 is 20.0 Å². The third kappa shape index (κ3) is 3.80. The van der Waals surface area contributed by atoms with Crippen molar-refractivity contribution in [3.05, 3.63) is 35.9 Å². The fourth-order valence-corrected chi connectivity index (χ4v) is 4.66. The molecular formula is C21H32N2O3. The zero-order chi connectivity index (χ0) is 18.6. The molecule has 0 radical (unpaired) electrons. The van der Waals surface area contributed by atoms with Gasteiger partial charge in [-0.2, -0.15) is 0 Å².